The third-order valence-corrected chi connectivity index (χ3v) is 2.88. The standard InChI is InChI=1S/C12H11N3O3S/c13-9-4-2-1-3-8(9)11(17)18-7-10(16)15-12-14-5-6-19-12/h1-6H,7,13H2,(H,14,15,16). The lowest BCUT2D eigenvalue weighted by Crippen LogP contribution is -2.21. The van der Waals surface area contributed by atoms with Crippen LogP contribution in [0.4, 0.5) is 10.8 Å². The van der Waals surface area contributed by atoms with Gasteiger partial charge in [0.05, 0.1) is 5.56 Å². The first-order valence-electron chi connectivity index (χ1n) is 5.38. The highest BCUT2D eigenvalue weighted by molar-refractivity contribution is 7.13. The number of para-hydroxylation sites is 1. The van der Waals surface area contributed by atoms with E-state index in [4.69, 9.17) is 10.5 Å². The molecule has 3 N–H and O–H groups in total. The Morgan fingerprint density at radius 1 is 1.37 bits per heavy atom. The molecule has 0 fully saturated rings. The fourth-order valence-corrected chi connectivity index (χ4v) is 1.88. The number of amides is 1. The fraction of sp³-hybridized carbons (Fsp3) is 0.0833. The first-order chi connectivity index (χ1) is 9.16. The van der Waals surface area contributed by atoms with E-state index in [0.717, 1.165) is 0 Å². The number of rotatable bonds is 4. The molecule has 6 nitrogen and oxygen atoms in total. The van der Waals surface area contributed by atoms with E-state index in [1.807, 2.05) is 0 Å². The van der Waals surface area contributed by atoms with Gasteiger partial charge in [0.1, 0.15) is 0 Å². The molecular weight excluding hydrogens is 266 g/mol. The fourth-order valence-electron chi connectivity index (χ4n) is 1.33. The molecule has 0 unspecified atom stereocenters. The van der Waals surface area contributed by atoms with Crippen molar-refractivity contribution in [1.29, 1.82) is 0 Å². The van der Waals surface area contributed by atoms with Gasteiger partial charge in [0, 0.05) is 17.3 Å². The van der Waals surface area contributed by atoms with Gasteiger partial charge in [-0.2, -0.15) is 0 Å². The second-order valence-electron chi connectivity index (χ2n) is 3.55. The minimum Gasteiger partial charge on any atom is -0.452 e. The summed E-state index contributed by atoms with van der Waals surface area (Å²) in [6.07, 6.45) is 1.57. The van der Waals surface area contributed by atoms with Crippen molar-refractivity contribution in [2.24, 2.45) is 0 Å². The van der Waals surface area contributed by atoms with Crippen molar-refractivity contribution in [2.45, 2.75) is 0 Å². The Kier molecular flexibility index (Phi) is 4.09. The Morgan fingerprint density at radius 2 is 2.16 bits per heavy atom. The van der Waals surface area contributed by atoms with Crippen molar-refractivity contribution >= 4 is 34.0 Å². The molecule has 0 aliphatic rings. The number of carbonyl (C=O) groups is 2. The van der Waals surface area contributed by atoms with Crippen LogP contribution >= 0.6 is 11.3 Å². The lowest BCUT2D eigenvalue weighted by Gasteiger charge is -2.06. The molecule has 1 amide bonds. The molecule has 0 aliphatic heterocycles. The molecule has 0 spiro atoms. The molecule has 2 aromatic rings. The number of hydrogen-bond donors (Lipinski definition) is 2. The van der Waals surface area contributed by atoms with Crippen LogP contribution in [-0.4, -0.2) is 23.5 Å². The van der Waals surface area contributed by atoms with Gasteiger partial charge >= 0.3 is 5.97 Å². The van der Waals surface area contributed by atoms with Gasteiger partial charge in [-0.15, -0.1) is 11.3 Å². The molecule has 0 aliphatic carbocycles. The summed E-state index contributed by atoms with van der Waals surface area (Å²) in [5.41, 5.74) is 6.18. The van der Waals surface area contributed by atoms with Crippen molar-refractivity contribution in [3.63, 3.8) is 0 Å². The molecule has 1 heterocycles. The lowest BCUT2D eigenvalue weighted by atomic mass is 10.2. The van der Waals surface area contributed by atoms with Gasteiger partial charge in [-0.25, -0.2) is 9.78 Å². The van der Waals surface area contributed by atoms with Crippen LogP contribution in [0.5, 0.6) is 0 Å². The molecule has 0 saturated heterocycles. The maximum absolute atomic E-state index is 11.7. The molecule has 7 heteroatoms. The first-order valence-corrected chi connectivity index (χ1v) is 6.26. The Bertz CT molecular complexity index is 584. The minimum atomic E-state index is -0.632. The summed E-state index contributed by atoms with van der Waals surface area (Å²) >= 11 is 1.28. The molecule has 2 rings (SSSR count). The smallest absolute Gasteiger partial charge is 0.340 e. The summed E-state index contributed by atoms with van der Waals surface area (Å²) in [6.45, 7) is -0.382. The molecule has 0 bridgehead atoms. The summed E-state index contributed by atoms with van der Waals surface area (Å²) in [5.74, 6) is -1.08. The van der Waals surface area contributed by atoms with Crippen molar-refractivity contribution < 1.29 is 14.3 Å². The van der Waals surface area contributed by atoms with Gasteiger partial charge < -0.3 is 10.5 Å². The molecule has 98 valence electrons. The number of aromatic nitrogens is 1. The highest BCUT2D eigenvalue weighted by Gasteiger charge is 2.13. The average Bonchev–Trinajstić information content (AvgIpc) is 2.89. The quantitative estimate of drug-likeness (QED) is 0.652. The van der Waals surface area contributed by atoms with E-state index >= 15 is 0 Å². The van der Waals surface area contributed by atoms with Crippen molar-refractivity contribution in [2.75, 3.05) is 17.7 Å². The van der Waals surface area contributed by atoms with Gasteiger partial charge in [-0.3, -0.25) is 10.1 Å². The minimum absolute atomic E-state index is 0.240. The second-order valence-corrected chi connectivity index (χ2v) is 4.44. The number of esters is 1. The Balaban J connectivity index is 1.87. The Morgan fingerprint density at radius 3 is 2.84 bits per heavy atom. The average molecular weight is 277 g/mol. The van der Waals surface area contributed by atoms with Crippen molar-refractivity contribution in [1.82, 2.24) is 4.98 Å². The van der Waals surface area contributed by atoms with E-state index in [1.54, 1.807) is 29.8 Å². The molecule has 1 aromatic heterocycles. The molecular formula is C12H11N3O3S. The molecule has 0 saturated carbocycles. The normalized spacial score (nSPS) is 9.89. The molecule has 19 heavy (non-hydrogen) atoms. The maximum atomic E-state index is 11.7. The molecule has 1 aromatic carbocycles. The highest BCUT2D eigenvalue weighted by atomic mass is 32.1. The second kappa shape index (κ2) is 5.96. The number of ether oxygens (including phenoxy) is 1. The summed E-state index contributed by atoms with van der Waals surface area (Å²) < 4.78 is 4.87. The predicted molar refractivity (Wildman–Crippen MR) is 71.9 cm³/mol. The number of nitrogens with zero attached hydrogens (tertiary/aromatic N) is 1. The van der Waals surface area contributed by atoms with Crippen molar-refractivity contribution in [3.05, 3.63) is 41.4 Å². The number of nitrogens with two attached hydrogens (primary N) is 1. The van der Waals surface area contributed by atoms with E-state index in [1.165, 1.54) is 17.4 Å². The van der Waals surface area contributed by atoms with Crippen LogP contribution in [0.25, 0.3) is 0 Å². The first kappa shape index (κ1) is 13.0. The zero-order valence-corrected chi connectivity index (χ0v) is 10.6. The van der Waals surface area contributed by atoms with Gasteiger partial charge in [-0.1, -0.05) is 12.1 Å². The zero-order valence-electron chi connectivity index (χ0n) is 9.83. The van der Waals surface area contributed by atoms with Crippen LogP contribution in [-0.2, 0) is 9.53 Å². The number of anilines is 2. The lowest BCUT2D eigenvalue weighted by molar-refractivity contribution is -0.119. The number of nitrogens with one attached hydrogen (secondary N) is 1. The maximum Gasteiger partial charge on any atom is 0.340 e. The number of carbonyl (C=O) groups excluding carboxylic acids is 2. The van der Waals surface area contributed by atoms with Gasteiger partial charge in [-0.05, 0) is 12.1 Å². The van der Waals surface area contributed by atoms with Gasteiger partial charge in [0.2, 0.25) is 0 Å². The number of benzene rings is 1. The summed E-state index contributed by atoms with van der Waals surface area (Å²) in [6, 6.07) is 6.51. The van der Waals surface area contributed by atoms with Crippen LogP contribution < -0.4 is 11.1 Å². The van der Waals surface area contributed by atoms with Crippen LogP contribution in [0.15, 0.2) is 35.8 Å². The van der Waals surface area contributed by atoms with E-state index in [-0.39, 0.29) is 12.2 Å². The Hall–Kier alpha value is -2.41. The van der Waals surface area contributed by atoms with E-state index in [2.05, 4.69) is 10.3 Å². The summed E-state index contributed by atoms with van der Waals surface area (Å²) in [4.78, 5) is 27.0. The monoisotopic (exact) mass is 277 g/mol. The third kappa shape index (κ3) is 3.52. The topological polar surface area (TPSA) is 94.3 Å². The van der Waals surface area contributed by atoms with E-state index in [9.17, 15) is 9.59 Å². The molecule has 0 atom stereocenters. The predicted octanol–water partition coefficient (Wildman–Crippen LogP) is 1.52. The Labute approximate surface area is 113 Å². The van der Waals surface area contributed by atoms with Crippen LogP contribution in [0, 0.1) is 0 Å². The van der Waals surface area contributed by atoms with Crippen LogP contribution in [0.2, 0.25) is 0 Å². The van der Waals surface area contributed by atoms with Crippen LogP contribution in [0.1, 0.15) is 10.4 Å². The van der Waals surface area contributed by atoms with Gasteiger partial charge in [0.15, 0.2) is 11.7 Å². The van der Waals surface area contributed by atoms with E-state index in [0.29, 0.717) is 10.8 Å². The SMILES string of the molecule is Nc1ccccc1C(=O)OCC(=O)Nc1nccs1. The van der Waals surface area contributed by atoms with E-state index < -0.39 is 11.9 Å². The molecule has 0 radical (unpaired) electrons. The zero-order chi connectivity index (χ0) is 13.7. The highest BCUT2D eigenvalue weighted by Crippen LogP contribution is 2.12. The number of thiazole rings is 1. The van der Waals surface area contributed by atoms with Gasteiger partial charge in [0.25, 0.3) is 5.91 Å². The summed E-state index contributed by atoms with van der Waals surface area (Å²) in [7, 11) is 0. The largest absolute Gasteiger partial charge is 0.452 e. The van der Waals surface area contributed by atoms with Crippen molar-refractivity contribution in [3.8, 4) is 0 Å². The van der Waals surface area contributed by atoms with Crippen LogP contribution in [0.3, 0.4) is 0 Å². The number of nitrogen functional groups attached to an aromatic ring is 1. The summed E-state index contributed by atoms with van der Waals surface area (Å²) in [5, 5.41) is 4.69. The number of hydrogen-bond acceptors (Lipinski definition) is 6. The third-order valence-electron chi connectivity index (χ3n) is 2.19.